The molecule has 0 unspecified atom stereocenters. The van der Waals surface area contributed by atoms with E-state index in [1.165, 1.54) is 6.92 Å². The van der Waals surface area contributed by atoms with Gasteiger partial charge in [-0.15, -0.1) is 0 Å². The normalized spacial score (nSPS) is 10.1. The number of pyridine rings is 1. The van der Waals surface area contributed by atoms with Crippen molar-refractivity contribution in [2.24, 2.45) is 0 Å². The fourth-order valence-corrected chi connectivity index (χ4v) is 2.00. The zero-order valence-corrected chi connectivity index (χ0v) is 13.0. The summed E-state index contributed by atoms with van der Waals surface area (Å²) < 4.78 is 0. The van der Waals surface area contributed by atoms with Crippen molar-refractivity contribution >= 4 is 23.2 Å². The minimum atomic E-state index is -0.124. The number of hydrogen-bond donors (Lipinski definition) is 3. The van der Waals surface area contributed by atoms with E-state index in [0.29, 0.717) is 30.9 Å². The molecule has 0 bridgehead atoms. The maximum atomic E-state index is 11.9. The van der Waals surface area contributed by atoms with Gasteiger partial charge in [-0.05, 0) is 35.9 Å². The summed E-state index contributed by atoms with van der Waals surface area (Å²) in [4.78, 5) is 26.8. The fourth-order valence-electron chi connectivity index (χ4n) is 2.00. The molecule has 0 fully saturated rings. The monoisotopic (exact) mass is 312 g/mol. The Morgan fingerprint density at radius 2 is 1.74 bits per heavy atom. The standard InChI is InChI=1S/C17H20N4O2/c1-13(22)20-15-4-6-16(7-5-15)21-17(23)8-10-19-12-14-3-2-9-18-11-14/h2-7,9,11,19H,8,10,12H2,1H3,(H,20,22)(H,21,23). The summed E-state index contributed by atoms with van der Waals surface area (Å²) in [7, 11) is 0. The molecule has 1 heterocycles. The molecule has 2 rings (SSSR count). The van der Waals surface area contributed by atoms with Crippen LogP contribution in [0, 0.1) is 0 Å². The molecule has 0 radical (unpaired) electrons. The molecule has 6 nitrogen and oxygen atoms in total. The highest BCUT2D eigenvalue weighted by molar-refractivity contribution is 5.92. The smallest absolute Gasteiger partial charge is 0.225 e. The van der Waals surface area contributed by atoms with Gasteiger partial charge in [0, 0.05) is 50.2 Å². The molecule has 0 saturated carbocycles. The second-order valence-electron chi connectivity index (χ2n) is 5.09. The third-order valence-electron chi connectivity index (χ3n) is 3.07. The molecule has 120 valence electrons. The Labute approximate surface area is 135 Å². The Kier molecular flexibility index (Phi) is 6.26. The molecule has 2 amide bonds. The number of hydrogen-bond acceptors (Lipinski definition) is 4. The van der Waals surface area contributed by atoms with E-state index in [9.17, 15) is 9.59 Å². The predicted octanol–water partition coefficient (Wildman–Crippen LogP) is 2.16. The Bertz CT molecular complexity index is 641. The van der Waals surface area contributed by atoms with Gasteiger partial charge in [-0.25, -0.2) is 0 Å². The van der Waals surface area contributed by atoms with Gasteiger partial charge < -0.3 is 16.0 Å². The molecule has 23 heavy (non-hydrogen) atoms. The summed E-state index contributed by atoms with van der Waals surface area (Å²) in [6, 6.07) is 10.9. The Morgan fingerprint density at radius 3 is 2.35 bits per heavy atom. The number of benzene rings is 1. The molecule has 0 aliphatic rings. The summed E-state index contributed by atoms with van der Waals surface area (Å²) in [5.74, 6) is -0.183. The van der Waals surface area contributed by atoms with Crippen LogP contribution in [0.2, 0.25) is 0 Å². The minimum absolute atomic E-state index is 0.0593. The van der Waals surface area contributed by atoms with Gasteiger partial charge in [0.2, 0.25) is 11.8 Å². The lowest BCUT2D eigenvalue weighted by Crippen LogP contribution is -2.21. The van der Waals surface area contributed by atoms with Crippen LogP contribution in [0.3, 0.4) is 0 Å². The first-order valence-corrected chi connectivity index (χ1v) is 7.40. The summed E-state index contributed by atoms with van der Waals surface area (Å²) in [6.07, 6.45) is 3.91. The van der Waals surface area contributed by atoms with Gasteiger partial charge in [0.25, 0.3) is 0 Å². The molecule has 0 saturated heterocycles. The average molecular weight is 312 g/mol. The largest absolute Gasteiger partial charge is 0.326 e. The van der Waals surface area contributed by atoms with Crippen LogP contribution in [-0.2, 0) is 16.1 Å². The van der Waals surface area contributed by atoms with Gasteiger partial charge >= 0.3 is 0 Å². The van der Waals surface area contributed by atoms with Crippen LogP contribution in [0.1, 0.15) is 18.9 Å². The van der Waals surface area contributed by atoms with Crippen molar-refractivity contribution in [3.05, 3.63) is 54.4 Å². The molecule has 2 aromatic rings. The van der Waals surface area contributed by atoms with Gasteiger partial charge in [-0.1, -0.05) is 6.07 Å². The van der Waals surface area contributed by atoms with E-state index in [-0.39, 0.29) is 11.8 Å². The predicted molar refractivity (Wildman–Crippen MR) is 89.9 cm³/mol. The third-order valence-corrected chi connectivity index (χ3v) is 3.07. The van der Waals surface area contributed by atoms with Gasteiger partial charge in [0.05, 0.1) is 0 Å². The third kappa shape index (κ3) is 6.27. The van der Waals surface area contributed by atoms with Crippen molar-refractivity contribution in [3.63, 3.8) is 0 Å². The van der Waals surface area contributed by atoms with Crippen LogP contribution >= 0.6 is 0 Å². The zero-order valence-electron chi connectivity index (χ0n) is 13.0. The fraction of sp³-hybridized carbons (Fsp3) is 0.235. The lowest BCUT2D eigenvalue weighted by molar-refractivity contribution is -0.116. The summed E-state index contributed by atoms with van der Waals surface area (Å²) in [5, 5.41) is 8.69. The molecule has 1 aromatic heterocycles. The topological polar surface area (TPSA) is 83.1 Å². The summed E-state index contributed by atoms with van der Waals surface area (Å²) >= 11 is 0. The van der Waals surface area contributed by atoms with Gasteiger partial charge in [-0.3, -0.25) is 14.6 Å². The van der Waals surface area contributed by atoms with E-state index in [4.69, 9.17) is 0 Å². The Balaban J connectivity index is 1.69. The number of nitrogens with one attached hydrogen (secondary N) is 3. The summed E-state index contributed by atoms with van der Waals surface area (Å²) in [5.41, 5.74) is 2.49. The molecule has 0 aliphatic heterocycles. The van der Waals surface area contributed by atoms with Crippen LogP contribution in [0.5, 0.6) is 0 Å². The lowest BCUT2D eigenvalue weighted by atomic mass is 10.2. The van der Waals surface area contributed by atoms with Crippen LogP contribution in [0.25, 0.3) is 0 Å². The highest BCUT2D eigenvalue weighted by Gasteiger charge is 2.03. The highest BCUT2D eigenvalue weighted by atomic mass is 16.2. The van der Waals surface area contributed by atoms with Crippen LogP contribution in [-0.4, -0.2) is 23.3 Å². The van der Waals surface area contributed by atoms with Gasteiger partial charge in [0.1, 0.15) is 0 Å². The second kappa shape index (κ2) is 8.65. The molecule has 0 spiro atoms. The molecule has 0 atom stereocenters. The first-order chi connectivity index (χ1) is 11.1. The van der Waals surface area contributed by atoms with Crippen molar-refractivity contribution in [1.82, 2.24) is 10.3 Å². The molecular weight excluding hydrogens is 292 g/mol. The van der Waals surface area contributed by atoms with E-state index < -0.39 is 0 Å². The Morgan fingerprint density at radius 1 is 1.04 bits per heavy atom. The van der Waals surface area contributed by atoms with E-state index in [2.05, 4.69) is 20.9 Å². The number of carbonyl (C=O) groups is 2. The number of carbonyl (C=O) groups excluding carboxylic acids is 2. The molecule has 3 N–H and O–H groups in total. The number of nitrogens with zero attached hydrogens (tertiary/aromatic N) is 1. The van der Waals surface area contributed by atoms with Gasteiger partial charge in [-0.2, -0.15) is 0 Å². The zero-order chi connectivity index (χ0) is 16.5. The maximum absolute atomic E-state index is 11.9. The lowest BCUT2D eigenvalue weighted by Gasteiger charge is -2.08. The highest BCUT2D eigenvalue weighted by Crippen LogP contribution is 2.13. The van der Waals surface area contributed by atoms with Crippen molar-refractivity contribution in [2.45, 2.75) is 19.9 Å². The minimum Gasteiger partial charge on any atom is -0.326 e. The van der Waals surface area contributed by atoms with E-state index in [0.717, 1.165) is 5.56 Å². The van der Waals surface area contributed by atoms with Crippen molar-refractivity contribution in [1.29, 1.82) is 0 Å². The first-order valence-electron chi connectivity index (χ1n) is 7.40. The molecule has 6 heteroatoms. The molecule has 0 aliphatic carbocycles. The quantitative estimate of drug-likeness (QED) is 0.684. The van der Waals surface area contributed by atoms with Crippen molar-refractivity contribution in [2.75, 3.05) is 17.2 Å². The average Bonchev–Trinajstić information content (AvgIpc) is 2.54. The van der Waals surface area contributed by atoms with E-state index in [1.54, 1.807) is 36.7 Å². The number of aromatic nitrogens is 1. The number of anilines is 2. The summed E-state index contributed by atoms with van der Waals surface area (Å²) in [6.45, 7) is 2.73. The van der Waals surface area contributed by atoms with E-state index in [1.807, 2.05) is 12.1 Å². The van der Waals surface area contributed by atoms with Gasteiger partial charge in [0.15, 0.2) is 0 Å². The van der Waals surface area contributed by atoms with Crippen LogP contribution < -0.4 is 16.0 Å². The van der Waals surface area contributed by atoms with Crippen molar-refractivity contribution in [3.8, 4) is 0 Å². The maximum Gasteiger partial charge on any atom is 0.225 e. The van der Waals surface area contributed by atoms with E-state index >= 15 is 0 Å². The van der Waals surface area contributed by atoms with Crippen LogP contribution in [0.15, 0.2) is 48.8 Å². The Hall–Kier alpha value is -2.73. The second-order valence-corrected chi connectivity index (χ2v) is 5.09. The van der Waals surface area contributed by atoms with Crippen LogP contribution in [0.4, 0.5) is 11.4 Å². The van der Waals surface area contributed by atoms with Crippen molar-refractivity contribution < 1.29 is 9.59 Å². The number of rotatable bonds is 7. The SMILES string of the molecule is CC(=O)Nc1ccc(NC(=O)CCNCc2cccnc2)cc1. The number of amides is 2. The molecule has 1 aromatic carbocycles. The first kappa shape index (κ1) is 16.6. The molecular formula is C17H20N4O2.